The van der Waals surface area contributed by atoms with Crippen molar-refractivity contribution in [3.8, 4) is 11.5 Å². The summed E-state index contributed by atoms with van der Waals surface area (Å²) in [6.07, 6.45) is 0.0548. The normalized spacial score (nSPS) is 20.1. The molecule has 0 bridgehead atoms. The van der Waals surface area contributed by atoms with E-state index in [1.165, 1.54) is 0 Å². The second-order valence-electron chi connectivity index (χ2n) is 4.91. The van der Waals surface area contributed by atoms with Crippen molar-refractivity contribution in [1.29, 1.82) is 0 Å². The lowest BCUT2D eigenvalue weighted by molar-refractivity contribution is 0.353. The minimum atomic E-state index is -4.05. The van der Waals surface area contributed by atoms with Crippen LogP contribution in [0.25, 0.3) is 0 Å². The van der Waals surface area contributed by atoms with Gasteiger partial charge in [-0.1, -0.05) is 36.4 Å². The molecule has 0 aromatic heterocycles. The van der Waals surface area contributed by atoms with Gasteiger partial charge in [0.25, 0.3) is 10.1 Å². The highest BCUT2D eigenvalue weighted by atomic mass is 32.2. The van der Waals surface area contributed by atoms with Gasteiger partial charge in [0, 0.05) is 6.42 Å². The molecule has 2 aromatic rings. The van der Waals surface area contributed by atoms with Gasteiger partial charge in [-0.3, -0.25) is 4.18 Å². The van der Waals surface area contributed by atoms with Gasteiger partial charge < -0.3 is 9.05 Å². The van der Waals surface area contributed by atoms with Crippen molar-refractivity contribution in [3.63, 3.8) is 0 Å². The standard InChI is InChI=1S/C15H15O6PS/c16-22(15-11-12-19-23(15,17)18,20-13-7-3-1-4-8-13)21-14-9-5-2-6-10-14/h1-10,15H,11-12H2. The molecule has 2 aromatic carbocycles. The fourth-order valence-electron chi connectivity index (χ4n) is 2.20. The Hall–Kier alpha value is -1.82. The molecule has 0 N–H and O–H groups in total. The summed E-state index contributed by atoms with van der Waals surface area (Å²) in [6, 6.07) is 16.7. The summed E-state index contributed by atoms with van der Waals surface area (Å²) in [5.41, 5.74) is 0. The van der Waals surface area contributed by atoms with Crippen molar-refractivity contribution < 1.29 is 26.2 Å². The molecule has 0 amide bonds. The van der Waals surface area contributed by atoms with Crippen LogP contribution < -0.4 is 9.05 Å². The van der Waals surface area contributed by atoms with Gasteiger partial charge in [0.05, 0.1) is 6.61 Å². The summed E-state index contributed by atoms with van der Waals surface area (Å²) in [6.45, 7) is -0.0344. The van der Waals surface area contributed by atoms with Crippen LogP contribution in [0.3, 0.4) is 0 Å². The molecule has 1 unspecified atom stereocenters. The van der Waals surface area contributed by atoms with Gasteiger partial charge in [0.15, 0.2) is 0 Å². The molecule has 0 aliphatic carbocycles. The number of hydrogen-bond donors (Lipinski definition) is 0. The van der Waals surface area contributed by atoms with Crippen molar-refractivity contribution in [1.82, 2.24) is 0 Å². The first-order valence-corrected chi connectivity index (χ1v) is 10.1. The SMILES string of the molecule is O=P(Oc1ccccc1)(Oc1ccccc1)C1CCOS1(=O)=O. The van der Waals surface area contributed by atoms with Gasteiger partial charge in [0.2, 0.25) is 4.99 Å². The molecule has 1 atom stereocenters. The fourth-order valence-corrected chi connectivity index (χ4v) is 6.30. The Morgan fingerprint density at radius 1 is 0.913 bits per heavy atom. The van der Waals surface area contributed by atoms with Crippen LogP contribution in [0.4, 0.5) is 0 Å². The van der Waals surface area contributed by atoms with E-state index in [-0.39, 0.29) is 24.5 Å². The van der Waals surface area contributed by atoms with Gasteiger partial charge in [0.1, 0.15) is 11.5 Å². The quantitative estimate of drug-likeness (QED) is 0.605. The second-order valence-corrected chi connectivity index (χ2v) is 9.11. The van der Waals surface area contributed by atoms with E-state index in [1.807, 2.05) is 0 Å². The molecule has 1 saturated heterocycles. The zero-order valence-corrected chi connectivity index (χ0v) is 13.8. The van der Waals surface area contributed by atoms with E-state index in [2.05, 4.69) is 0 Å². The fraction of sp³-hybridized carbons (Fsp3) is 0.200. The van der Waals surface area contributed by atoms with Crippen LogP contribution >= 0.6 is 7.60 Å². The highest BCUT2D eigenvalue weighted by Gasteiger charge is 2.52. The van der Waals surface area contributed by atoms with E-state index >= 15 is 0 Å². The zero-order chi connectivity index (χ0) is 16.3. The van der Waals surface area contributed by atoms with E-state index in [9.17, 15) is 13.0 Å². The van der Waals surface area contributed by atoms with E-state index in [1.54, 1.807) is 60.7 Å². The smallest absolute Gasteiger partial charge is 0.415 e. The Kier molecular flexibility index (Phi) is 4.43. The number of hydrogen-bond acceptors (Lipinski definition) is 6. The van der Waals surface area contributed by atoms with Crippen molar-refractivity contribution in [2.24, 2.45) is 0 Å². The molecule has 6 nitrogen and oxygen atoms in total. The third-order valence-electron chi connectivity index (χ3n) is 3.25. The lowest BCUT2D eigenvalue weighted by Crippen LogP contribution is -2.21. The Bertz CT molecular complexity index is 761. The maximum atomic E-state index is 13.3. The highest BCUT2D eigenvalue weighted by molar-refractivity contribution is 7.95. The largest absolute Gasteiger partial charge is 0.451 e. The van der Waals surface area contributed by atoms with Crippen LogP contribution in [0.5, 0.6) is 11.5 Å². The van der Waals surface area contributed by atoms with Crippen molar-refractivity contribution in [3.05, 3.63) is 60.7 Å². The van der Waals surface area contributed by atoms with E-state index in [0.717, 1.165) is 0 Å². The number of para-hydroxylation sites is 2. The Labute approximate surface area is 134 Å². The summed E-state index contributed by atoms with van der Waals surface area (Å²) >= 11 is 0. The van der Waals surface area contributed by atoms with Crippen molar-refractivity contribution in [2.45, 2.75) is 11.4 Å². The number of benzene rings is 2. The maximum Gasteiger partial charge on any atom is 0.451 e. The molecule has 0 saturated carbocycles. The first-order valence-electron chi connectivity index (χ1n) is 6.97. The van der Waals surface area contributed by atoms with Crippen LogP contribution in [0.15, 0.2) is 60.7 Å². The maximum absolute atomic E-state index is 13.3. The summed E-state index contributed by atoms with van der Waals surface area (Å²) in [5.74, 6) is 0.544. The minimum absolute atomic E-state index is 0.0344. The molecular weight excluding hydrogens is 339 g/mol. The lowest BCUT2D eigenvalue weighted by atomic mass is 10.3. The molecule has 122 valence electrons. The molecule has 8 heteroatoms. The Morgan fingerprint density at radius 3 is 1.78 bits per heavy atom. The van der Waals surface area contributed by atoms with E-state index in [0.29, 0.717) is 0 Å². The predicted molar refractivity (Wildman–Crippen MR) is 85.0 cm³/mol. The molecule has 3 rings (SSSR count). The average molecular weight is 354 g/mol. The van der Waals surface area contributed by atoms with Crippen LogP contribution in [-0.2, 0) is 18.9 Å². The van der Waals surface area contributed by atoms with E-state index in [4.69, 9.17) is 13.2 Å². The summed E-state index contributed by atoms with van der Waals surface area (Å²) in [5, 5.41) is 0. The predicted octanol–water partition coefficient (Wildman–Crippen LogP) is 3.41. The summed E-state index contributed by atoms with van der Waals surface area (Å²) in [4.78, 5) is -1.35. The van der Waals surface area contributed by atoms with Crippen molar-refractivity contribution in [2.75, 3.05) is 6.61 Å². The monoisotopic (exact) mass is 354 g/mol. The first-order chi connectivity index (χ1) is 11.0. The van der Waals surface area contributed by atoms with Crippen LogP contribution in [0.1, 0.15) is 6.42 Å². The van der Waals surface area contributed by atoms with Crippen LogP contribution in [0, 0.1) is 0 Å². The van der Waals surface area contributed by atoms with Crippen molar-refractivity contribution >= 4 is 17.7 Å². The Balaban J connectivity index is 1.97. The highest BCUT2D eigenvalue weighted by Crippen LogP contribution is 2.57. The average Bonchev–Trinajstić information content (AvgIpc) is 2.89. The zero-order valence-electron chi connectivity index (χ0n) is 12.1. The lowest BCUT2D eigenvalue weighted by Gasteiger charge is -2.23. The van der Waals surface area contributed by atoms with Gasteiger partial charge in [-0.15, -0.1) is 0 Å². The second kappa shape index (κ2) is 6.35. The molecule has 1 heterocycles. The summed E-state index contributed by atoms with van der Waals surface area (Å²) < 4.78 is 53.0. The van der Waals surface area contributed by atoms with Gasteiger partial charge in [-0.2, -0.15) is 8.42 Å². The minimum Gasteiger partial charge on any atom is -0.415 e. The van der Waals surface area contributed by atoms with Gasteiger partial charge >= 0.3 is 7.60 Å². The van der Waals surface area contributed by atoms with Crippen LogP contribution in [-0.4, -0.2) is 20.0 Å². The van der Waals surface area contributed by atoms with E-state index < -0.39 is 22.7 Å². The van der Waals surface area contributed by atoms with Crippen LogP contribution in [0.2, 0.25) is 0 Å². The number of rotatable bonds is 5. The third-order valence-corrected chi connectivity index (χ3v) is 8.09. The molecule has 1 aliphatic heterocycles. The molecular formula is C15H15O6PS. The third kappa shape index (κ3) is 3.58. The molecule has 1 aliphatic rings. The molecule has 23 heavy (non-hydrogen) atoms. The molecule has 0 radical (unpaired) electrons. The van der Waals surface area contributed by atoms with Gasteiger partial charge in [-0.25, -0.2) is 4.57 Å². The topological polar surface area (TPSA) is 78.9 Å². The first kappa shape index (κ1) is 16.1. The Morgan fingerprint density at radius 2 is 1.39 bits per heavy atom. The molecule has 1 fully saturated rings. The van der Waals surface area contributed by atoms with Gasteiger partial charge in [-0.05, 0) is 24.3 Å². The molecule has 0 spiro atoms. The summed E-state index contributed by atoms with van der Waals surface area (Å²) in [7, 11) is -8.04.